The Bertz CT molecular complexity index is 847. The Morgan fingerprint density at radius 3 is 2.29 bits per heavy atom. The average molecular weight is 421 g/mol. The van der Waals surface area contributed by atoms with Crippen molar-refractivity contribution < 1.29 is 13.2 Å². The molecular weight excluding hydrogens is 416 g/mol. The molecule has 0 aliphatic rings. The molecule has 0 N–H and O–H groups in total. The normalized spacial score (nSPS) is 11.1. The third-order valence-electron chi connectivity index (χ3n) is 2.84. The number of rotatable bonds is 1. The first-order valence-corrected chi connectivity index (χ1v) is 7.19. The second-order valence-electron chi connectivity index (χ2n) is 4.24. The van der Waals surface area contributed by atoms with Gasteiger partial charge in [0.1, 0.15) is 22.6 Å². The highest BCUT2D eigenvalue weighted by atomic mass is 127. The van der Waals surface area contributed by atoms with Crippen molar-refractivity contribution in [3.63, 3.8) is 0 Å². The smallest absolute Gasteiger partial charge is 0.167 e. The lowest BCUT2D eigenvalue weighted by atomic mass is 10.1. The Morgan fingerprint density at radius 1 is 0.952 bits per heavy atom. The number of hydrogen-bond acceptors (Lipinski definition) is 2. The molecule has 0 saturated heterocycles. The zero-order chi connectivity index (χ0) is 15.1. The number of fused-ring (bicyclic) bond motifs is 1. The van der Waals surface area contributed by atoms with Gasteiger partial charge in [-0.1, -0.05) is 11.6 Å². The Morgan fingerprint density at radius 2 is 1.62 bits per heavy atom. The summed E-state index contributed by atoms with van der Waals surface area (Å²) in [5, 5.41) is 0.659. The van der Waals surface area contributed by atoms with Crippen LogP contribution in [0.5, 0.6) is 0 Å². The SMILES string of the molecule is Fc1cc(F)c(-c2nc(Cl)c3cc(I)ccc3n2)c(F)c1. The van der Waals surface area contributed by atoms with Crippen molar-refractivity contribution in [3.05, 3.63) is 56.5 Å². The quantitative estimate of drug-likeness (QED) is 0.410. The van der Waals surface area contributed by atoms with Gasteiger partial charge in [-0.25, -0.2) is 23.1 Å². The van der Waals surface area contributed by atoms with Crippen LogP contribution in [-0.2, 0) is 0 Å². The molecule has 2 aromatic carbocycles. The van der Waals surface area contributed by atoms with Crippen molar-refractivity contribution in [2.45, 2.75) is 0 Å². The van der Waals surface area contributed by atoms with E-state index < -0.39 is 23.0 Å². The second-order valence-corrected chi connectivity index (χ2v) is 5.85. The zero-order valence-electron chi connectivity index (χ0n) is 10.2. The fraction of sp³-hybridized carbons (Fsp3) is 0. The van der Waals surface area contributed by atoms with Crippen molar-refractivity contribution in [1.29, 1.82) is 0 Å². The molecule has 0 spiro atoms. The van der Waals surface area contributed by atoms with E-state index in [-0.39, 0.29) is 11.0 Å². The van der Waals surface area contributed by atoms with Gasteiger partial charge in [0.15, 0.2) is 5.82 Å². The van der Waals surface area contributed by atoms with Crippen LogP contribution in [0.4, 0.5) is 13.2 Å². The molecule has 0 aliphatic heterocycles. The topological polar surface area (TPSA) is 25.8 Å². The lowest BCUT2D eigenvalue weighted by Crippen LogP contribution is -1.98. The minimum absolute atomic E-state index is 0.0802. The minimum atomic E-state index is -1.08. The maximum absolute atomic E-state index is 13.8. The Hall–Kier alpha value is -1.41. The van der Waals surface area contributed by atoms with Crippen molar-refractivity contribution in [3.8, 4) is 11.4 Å². The van der Waals surface area contributed by atoms with Gasteiger partial charge >= 0.3 is 0 Å². The minimum Gasteiger partial charge on any atom is -0.228 e. The summed E-state index contributed by atoms with van der Waals surface area (Å²) in [5.41, 5.74) is -0.0488. The van der Waals surface area contributed by atoms with E-state index in [1.54, 1.807) is 18.2 Å². The molecule has 0 aliphatic carbocycles. The fourth-order valence-corrected chi connectivity index (χ4v) is 2.65. The van der Waals surface area contributed by atoms with Gasteiger partial charge in [-0.3, -0.25) is 0 Å². The molecule has 0 atom stereocenters. The van der Waals surface area contributed by atoms with Crippen LogP contribution >= 0.6 is 34.2 Å². The van der Waals surface area contributed by atoms with E-state index in [4.69, 9.17) is 11.6 Å². The molecule has 3 rings (SSSR count). The van der Waals surface area contributed by atoms with E-state index in [9.17, 15) is 13.2 Å². The van der Waals surface area contributed by atoms with E-state index in [0.717, 1.165) is 3.57 Å². The Balaban J connectivity index is 2.29. The van der Waals surface area contributed by atoms with Crippen molar-refractivity contribution >= 4 is 45.1 Å². The molecule has 0 radical (unpaired) electrons. The molecule has 3 aromatic rings. The number of halogens is 5. The number of hydrogen-bond donors (Lipinski definition) is 0. The number of benzene rings is 2. The number of aromatic nitrogens is 2. The average Bonchev–Trinajstić information content (AvgIpc) is 2.38. The van der Waals surface area contributed by atoms with Gasteiger partial charge in [0.2, 0.25) is 0 Å². The summed E-state index contributed by atoms with van der Waals surface area (Å²) in [5.74, 6) is -3.37. The molecule has 0 amide bonds. The van der Waals surface area contributed by atoms with Gasteiger partial charge in [-0.15, -0.1) is 0 Å². The maximum Gasteiger partial charge on any atom is 0.167 e. The van der Waals surface area contributed by atoms with Crippen LogP contribution in [0.2, 0.25) is 5.15 Å². The first kappa shape index (κ1) is 14.5. The maximum atomic E-state index is 13.8. The van der Waals surface area contributed by atoms with Crippen LogP contribution < -0.4 is 0 Å². The molecule has 0 unspecified atom stereocenters. The lowest BCUT2D eigenvalue weighted by Gasteiger charge is -2.07. The summed E-state index contributed by atoms with van der Waals surface area (Å²) in [7, 11) is 0. The Labute approximate surface area is 136 Å². The monoisotopic (exact) mass is 420 g/mol. The molecule has 7 heteroatoms. The van der Waals surface area contributed by atoms with Gasteiger partial charge < -0.3 is 0 Å². The van der Waals surface area contributed by atoms with Crippen molar-refractivity contribution in [1.82, 2.24) is 9.97 Å². The zero-order valence-corrected chi connectivity index (χ0v) is 13.1. The highest BCUT2D eigenvalue weighted by Gasteiger charge is 2.18. The summed E-state index contributed by atoms with van der Waals surface area (Å²) < 4.78 is 41.5. The van der Waals surface area contributed by atoms with Crippen molar-refractivity contribution in [2.24, 2.45) is 0 Å². The van der Waals surface area contributed by atoms with Crippen LogP contribution in [0, 0.1) is 21.0 Å². The van der Waals surface area contributed by atoms with E-state index in [0.29, 0.717) is 23.0 Å². The summed E-state index contributed by atoms with van der Waals surface area (Å²) in [6, 6.07) is 6.38. The molecule has 106 valence electrons. The van der Waals surface area contributed by atoms with E-state index in [1.165, 1.54) is 0 Å². The summed E-state index contributed by atoms with van der Waals surface area (Å²) in [6.45, 7) is 0. The van der Waals surface area contributed by atoms with Gasteiger partial charge in [0.05, 0.1) is 11.1 Å². The first-order chi connectivity index (χ1) is 9.95. The molecule has 0 saturated carbocycles. The van der Waals surface area contributed by atoms with Gasteiger partial charge in [-0.05, 0) is 40.8 Å². The largest absolute Gasteiger partial charge is 0.228 e. The van der Waals surface area contributed by atoms with Gasteiger partial charge in [-0.2, -0.15) is 0 Å². The molecule has 21 heavy (non-hydrogen) atoms. The standard InChI is InChI=1S/C14H5ClF3IN2/c15-13-8-5-7(19)1-2-11(8)20-14(21-13)12-9(17)3-6(16)4-10(12)18/h1-5H. The van der Waals surface area contributed by atoms with Crippen LogP contribution in [-0.4, -0.2) is 9.97 Å². The first-order valence-electron chi connectivity index (χ1n) is 5.73. The van der Waals surface area contributed by atoms with E-state index >= 15 is 0 Å². The van der Waals surface area contributed by atoms with Crippen LogP contribution in [0.3, 0.4) is 0 Å². The number of nitrogens with zero attached hydrogens (tertiary/aromatic N) is 2. The third-order valence-corrected chi connectivity index (χ3v) is 3.80. The van der Waals surface area contributed by atoms with E-state index in [2.05, 4.69) is 32.6 Å². The highest BCUT2D eigenvalue weighted by molar-refractivity contribution is 14.1. The van der Waals surface area contributed by atoms with Crippen LogP contribution in [0.15, 0.2) is 30.3 Å². The van der Waals surface area contributed by atoms with Gasteiger partial charge in [0.25, 0.3) is 0 Å². The fourth-order valence-electron chi connectivity index (χ4n) is 1.93. The summed E-state index contributed by atoms with van der Waals surface area (Å²) in [6.07, 6.45) is 0. The predicted octanol–water partition coefficient (Wildman–Crippen LogP) is 4.97. The van der Waals surface area contributed by atoms with E-state index in [1.807, 2.05) is 0 Å². The highest BCUT2D eigenvalue weighted by Crippen LogP contribution is 2.29. The molecular formula is C14H5ClF3IN2. The third kappa shape index (κ3) is 2.69. The summed E-state index contributed by atoms with van der Waals surface area (Å²) >= 11 is 8.15. The second kappa shape index (κ2) is 5.42. The molecule has 0 fully saturated rings. The molecule has 2 nitrogen and oxygen atoms in total. The molecule has 1 heterocycles. The Kier molecular flexibility index (Phi) is 3.75. The molecule has 1 aromatic heterocycles. The van der Waals surface area contributed by atoms with Crippen molar-refractivity contribution in [2.75, 3.05) is 0 Å². The lowest BCUT2D eigenvalue weighted by molar-refractivity contribution is 0.547. The summed E-state index contributed by atoms with van der Waals surface area (Å²) in [4.78, 5) is 8.01. The van der Waals surface area contributed by atoms with Gasteiger partial charge in [0, 0.05) is 21.1 Å². The van der Waals surface area contributed by atoms with Crippen LogP contribution in [0.1, 0.15) is 0 Å². The van der Waals surface area contributed by atoms with Crippen LogP contribution in [0.25, 0.3) is 22.3 Å². The molecule has 0 bridgehead atoms. The predicted molar refractivity (Wildman–Crippen MR) is 82.6 cm³/mol.